The second-order valence-corrected chi connectivity index (χ2v) is 5.90. The highest BCUT2D eigenvalue weighted by Crippen LogP contribution is 2.12. The first-order valence-electron chi connectivity index (χ1n) is 8.42. The molecule has 0 atom stereocenters. The van der Waals surface area contributed by atoms with Gasteiger partial charge in [-0.25, -0.2) is 0 Å². The number of amides is 1. The first-order chi connectivity index (χ1) is 12.7. The van der Waals surface area contributed by atoms with E-state index in [0.717, 1.165) is 16.8 Å². The van der Waals surface area contributed by atoms with Crippen molar-refractivity contribution in [3.63, 3.8) is 0 Å². The molecule has 26 heavy (non-hydrogen) atoms. The quantitative estimate of drug-likeness (QED) is 0.519. The number of rotatable bonds is 6. The summed E-state index contributed by atoms with van der Waals surface area (Å²) < 4.78 is 0. The monoisotopic (exact) mass is 341 g/mol. The van der Waals surface area contributed by atoms with Gasteiger partial charge in [-0.05, 0) is 29.3 Å². The zero-order valence-corrected chi connectivity index (χ0v) is 14.3. The van der Waals surface area contributed by atoms with E-state index in [4.69, 9.17) is 0 Å². The number of hydrogen-bond acceptors (Lipinski definition) is 2. The van der Waals surface area contributed by atoms with E-state index in [-0.39, 0.29) is 11.7 Å². The van der Waals surface area contributed by atoms with Gasteiger partial charge in [0.1, 0.15) is 0 Å². The molecular formula is C23H19NO2. The van der Waals surface area contributed by atoms with Gasteiger partial charge in [-0.15, -0.1) is 0 Å². The lowest BCUT2D eigenvalue weighted by molar-refractivity contribution is -0.115. The fourth-order valence-electron chi connectivity index (χ4n) is 2.53. The predicted molar refractivity (Wildman–Crippen MR) is 105 cm³/mol. The largest absolute Gasteiger partial charge is 0.326 e. The second-order valence-electron chi connectivity index (χ2n) is 5.90. The molecule has 0 heterocycles. The van der Waals surface area contributed by atoms with Crippen molar-refractivity contribution in [2.75, 3.05) is 5.32 Å². The van der Waals surface area contributed by atoms with E-state index in [0.29, 0.717) is 12.0 Å². The Hall–Kier alpha value is -3.46. The van der Waals surface area contributed by atoms with Gasteiger partial charge in [0.25, 0.3) is 0 Å². The van der Waals surface area contributed by atoms with Gasteiger partial charge in [-0.3, -0.25) is 9.59 Å². The molecule has 0 aliphatic heterocycles. The molecule has 3 aromatic rings. The van der Waals surface area contributed by atoms with Crippen LogP contribution >= 0.6 is 0 Å². The van der Waals surface area contributed by atoms with E-state index >= 15 is 0 Å². The molecule has 0 aliphatic rings. The number of anilines is 1. The summed E-state index contributed by atoms with van der Waals surface area (Å²) in [7, 11) is 0. The Morgan fingerprint density at radius 3 is 2.04 bits per heavy atom. The van der Waals surface area contributed by atoms with Crippen LogP contribution in [0.2, 0.25) is 0 Å². The molecule has 128 valence electrons. The van der Waals surface area contributed by atoms with Crippen LogP contribution in [0.3, 0.4) is 0 Å². The first kappa shape index (κ1) is 17.4. The van der Waals surface area contributed by atoms with Gasteiger partial charge in [-0.1, -0.05) is 78.9 Å². The molecule has 0 aromatic heterocycles. The SMILES string of the molecule is O=C(Cc1ccccc1)Nc1ccc(C=CC(=O)c2ccccc2)cc1. The van der Waals surface area contributed by atoms with Crippen LogP contribution in [-0.4, -0.2) is 11.7 Å². The van der Waals surface area contributed by atoms with Gasteiger partial charge in [0.2, 0.25) is 5.91 Å². The summed E-state index contributed by atoms with van der Waals surface area (Å²) in [5, 5.41) is 2.88. The van der Waals surface area contributed by atoms with Crippen LogP contribution in [0.1, 0.15) is 21.5 Å². The Morgan fingerprint density at radius 2 is 1.38 bits per heavy atom. The topological polar surface area (TPSA) is 46.2 Å². The molecule has 0 saturated heterocycles. The molecular weight excluding hydrogens is 322 g/mol. The molecule has 1 amide bonds. The van der Waals surface area contributed by atoms with Crippen molar-refractivity contribution in [2.24, 2.45) is 0 Å². The number of nitrogens with one attached hydrogen (secondary N) is 1. The van der Waals surface area contributed by atoms with E-state index in [1.807, 2.05) is 72.8 Å². The Balaban J connectivity index is 1.57. The number of carbonyl (C=O) groups is 2. The fourth-order valence-corrected chi connectivity index (χ4v) is 2.53. The number of allylic oxidation sites excluding steroid dienone is 1. The maximum atomic E-state index is 12.1. The highest BCUT2D eigenvalue weighted by molar-refractivity contribution is 6.06. The summed E-state index contributed by atoms with van der Waals surface area (Å²) in [5.41, 5.74) is 3.27. The van der Waals surface area contributed by atoms with Crippen LogP contribution in [0.15, 0.2) is 91.0 Å². The lowest BCUT2D eigenvalue weighted by Gasteiger charge is -2.05. The smallest absolute Gasteiger partial charge is 0.228 e. The minimum absolute atomic E-state index is 0.0363. The van der Waals surface area contributed by atoms with Crippen molar-refractivity contribution in [1.29, 1.82) is 0 Å². The third kappa shape index (κ3) is 5.02. The molecule has 1 N–H and O–H groups in total. The number of benzene rings is 3. The maximum absolute atomic E-state index is 12.1. The van der Waals surface area contributed by atoms with Crippen LogP contribution in [0.4, 0.5) is 5.69 Å². The van der Waals surface area contributed by atoms with Crippen molar-refractivity contribution >= 4 is 23.5 Å². The van der Waals surface area contributed by atoms with Gasteiger partial charge < -0.3 is 5.32 Å². The molecule has 3 aromatic carbocycles. The van der Waals surface area contributed by atoms with Crippen LogP contribution in [0.25, 0.3) is 6.08 Å². The van der Waals surface area contributed by atoms with Crippen LogP contribution in [0.5, 0.6) is 0 Å². The van der Waals surface area contributed by atoms with E-state index in [1.165, 1.54) is 0 Å². The molecule has 0 spiro atoms. The number of carbonyl (C=O) groups excluding carboxylic acids is 2. The molecule has 0 bridgehead atoms. The molecule has 0 saturated carbocycles. The minimum atomic E-state index is -0.0567. The van der Waals surface area contributed by atoms with E-state index in [9.17, 15) is 9.59 Å². The lowest BCUT2D eigenvalue weighted by Crippen LogP contribution is -2.14. The third-order valence-electron chi connectivity index (χ3n) is 3.89. The average molecular weight is 341 g/mol. The Labute approximate surface area is 153 Å². The van der Waals surface area contributed by atoms with Gasteiger partial charge in [0.15, 0.2) is 5.78 Å². The summed E-state index contributed by atoms with van der Waals surface area (Å²) >= 11 is 0. The maximum Gasteiger partial charge on any atom is 0.228 e. The molecule has 3 rings (SSSR count). The third-order valence-corrected chi connectivity index (χ3v) is 3.89. The van der Waals surface area contributed by atoms with Crippen molar-refractivity contribution < 1.29 is 9.59 Å². The Kier molecular flexibility index (Phi) is 5.73. The molecule has 3 nitrogen and oxygen atoms in total. The number of ketones is 1. The van der Waals surface area contributed by atoms with Crippen molar-refractivity contribution in [3.05, 3.63) is 108 Å². The first-order valence-corrected chi connectivity index (χ1v) is 8.42. The van der Waals surface area contributed by atoms with E-state index in [1.54, 1.807) is 24.3 Å². The summed E-state index contributed by atoms with van der Waals surface area (Å²) in [6.07, 6.45) is 3.66. The lowest BCUT2D eigenvalue weighted by atomic mass is 10.1. The van der Waals surface area contributed by atoms with Crippen LogP contribution in [0, 0.1) is 0 Å². The Bertz CT molecular complexity index is 898. The molecule has 0 fully saturated rings. The van der Waals surface area contributed by atoms with Crippen LogP contribution < -0.4 is 5.32 Å². The van der Waals surface area contributed by atoms with E-state index < -0.39 is 0 Å². The van der Waals surface area contributed by atoms with Crippen molar-refractivity contribution in [3.8, 4) is 0 Å². The zero-order chi connectivity index (χ0) is 18.2. The standard InChI is InChI=1S/C23H19NO2/c25-22(20-9-5-2-6-10-20)16-13-18-11-14-21(15-12-18)24-23(26)17-19-7-3-1-4-8-19/h1-16H,17H2,(H,24,26). The zero-order valence-electron chi connectivity index (χ0n) is 14.3. The molecule has 0 unspecified atom stereocenters. The minimum Gasteiger partial charge on any atom is -0.326 e. The second kappa shape index (κ2) is 8.58. The normalized spacial score (nSPS) is 10.6. The highest BCUT2D eigenvalue weighted by Gasteiger charge is 2.04. The van der Waals surface area contributed by atoms with E-state index in [2.05, 4.69) is 5.32 Å². The van der Waals surface area contributed by atoms with Crippen molar-refractivity contribution in [1.82, 2.24) is 0 Å². The predicted octanol–water partition coefficient (Wildman–Crippen LogP) is 4.76. The number of hydrogen-bond donors (Lipinski definition) is 1. The van der Waals surface area contributed by atoms with Gasteiger partial charge >= 0.3 is 0 Å². The van der Waals surface area contributed by atoms with Crippen LogP contribution in [-0.2, 0) is 11.2 Å². The van der Waals surface area contributed by atoms with Gasteiger partial charge in [0.05, 0.1) is 6.42 Å². The molecule has 3 heteroatoms. The van der Waals surface area contributed by atoms with Crippen molar-refractivity contribution in [2.45, 2.75) is 6.42 Å². The molecule has 0 radical (unpaired) electrons. The van der Waals surface area contributed by atoms with Gasteiger partial charge in [0, 0.05) is 11.3 Å². The summed E-state index contributed by atoms with van der Waals surface area (Å²) in [5.74, 6) is -0.0930. The average Bonchev–Trinajstić information content (AvgIpc) is 2.68. The summed E-state index contributed by atoms with van der Waals surface area (Å²) in [6.45, 7) is 0. The highest BCUT2D eigenvalue weighted by atomic mass is 16.1. The Morgan fingerprint density at radius 1 is 0.769 bits per heavy atom. The summed E-state index contributed by atoms with van der Waals surface area (Å²) in [6, 6.07) is 26.2. The summed E-state index contributed by atoms with van der Waals surface area (Å²) in [4.78, 5) is 24.1. The fraction of sp³-hybridized carbons (Fsp3) is 0.0435. The van der Waals surface area contributed by atoms with Gasteiger partial charge in [-0.2, -0.15) is 0 Å². The molecule has 0 aliphatic carbocycles.